The summed E-state index contributed by atoms with van der Waals surface area (Å²) < 4.78 is 47.4. The van der Waals surface area contributed by atoms with Crippen molar-refractivity contribution in [3.05, 3.63) is 66.4 Å². The Balaban J connectivity index is 1.39. The average Bonchev–Trinajstić information content (AvgIpc) is 2.79. The highest BCUT2D eigenvalue weighted by Gasteiger charge is 2.27. The Morgan fingerprint density at radius 1 is 1.16 bits per heavy atom. The van der Waals surface area contributed by atoms with Gasteiger partial charge in [0.25, 0.3) is 5.91 Å². The van der Waals surface area contributed by atoms with Crippen LogP contribution in [0.25, 0.3) is 11.1 Å². The molecule has 0 fully saturated rings. The smallest absolute Gasteiger partial charge is 0.392 e. The van der Waals surface area contributed by atoms with E-state index in [2.05, 4.69) is 20.3 Å². The molecule has 1 amide bonds. The van der Waals surface area contributed by atoms with E-state index in [-0.39, 0.29) is 23.4 Å². The van der Waals surface area contributed by atoms with Gasteiger partial charge < -0.3 is 14.8 Å². The maximum atomic E-state index is 12.6. The van der Waals surface area contributed by atoms with Gasteiger partial charge in [0.1, 0.15) is 18.7 Å². The van der Waals surface area contributed by atoms with Crippen LogP contribution in [0, 0.1) is 0 Å². The number of pyridine rings is 1. The third-order valence-corrected chi connectivity index (χ3v) is 4.86. The molecule has 32 heavy (non-hydrogen) atoms. The zero-order valence-corrected chi connectivity index (χ0v) is 16.8. The highest BCUT2D eigenvalue weighted by molar-refractivity contribution is 5.94. The Morgan fingerprint density at radius 3 is 2.69 bits per heavy atom. The van der Waals surface area contributed by atoms with Gasteiger partial charge in [-0.05, 0) is 17.7 Å². The second-order valence-electron chi connectivity index (χ2n) is 7.19. The van der Waals surface area contributed by atoms with Crippen molar-refractivity contribution in [2.45, 2.75) is 25.1 Å². The molecule has 1 N–H and O–H groups in total. The predicted octanol–water partition coefficient (Wildman–Crippen LogP) is 3.60. The number of hydrogen-bond acceptors (Lipinski definition) is 6. The van der Waals surface area contributed by atoms with Gasteiger partial charge in [0.15, 0.2) is 0 Å². The molecule has 3 aromatic rings. The van der Waals surface area contributed by atoms with E-state index in [4.69, 9.17) is 9.47 Å². The number of amides is 1. The van der Waals surface area contributed by atoms with Gasteiger partial charge >= 0.3 is 6.18 Å². The highest BCUT2D eigenvalue weighted by atomic mass is 19.4. The van der Waals surface area contributed by atoms with E-state index in [0.29, 0.717) is 13.0 Å². The Kier molecular flexibility index (Phi) is 6.20. The van der Waals surface area contributed by atoms with Crippen molar-refractivity contribution in [1.29, 1.82) is 0 Å². The molecule has 166 valence electrons. The Morgan fingerprint density at radius 2 is 1.97 bits per heavy atom. The van der Waals surface area contributed by atoms with Crippen LogP contribution < -0.4 is 14.8 Å². The lowest BCUT2D eigenvalue weighted by molar-refractivity contribution is -0.139. The third-order valence-electron chi connectivity index (χ3n) is 4.86. The van der Waals surface area contributed by atoms with E-state index in [1.165, 1.54) is 24.7 Å². The summed E-state index contributed by atoms with van der Waals surface area (Å²) in [6, 6.07) is 8.27. The summed E-state index contributed by atoms with van der Waals surface area (Å²) in [5.74, 6) is 0.409. The standard InChI is InChI=1S/C22H19F3N4O3/c23-22(24,25)6-7-31-20-5-4-14(11-28-20)21(30)29-16-8-18-17(15-9-26-13-27-10-15)2-1-3-19(18)32-12-16/h1-5,9-11,13,16H,6-8,12H2,(H,29,30). The van der Waals surface area contributed by atoms with Crippen LogP contribution in [0.15, 0.2) is 55.2 Å². The molecule has 3 heterocycles. The summed E-state index contributed by atoms with van der Waals surface area (Å²) in [5.41, 5.74) is 3.00. The molecule has 0 aliphatic carbocycles. The molecule has 1 aliphatic rings. The molecule has 10 heteroatoms. The first-order valence-electron chi connectivity index (χ1n) is 9.85. The first-order chi connectivity index (χ1) is 15.4. The number of carbonyl (C=O) groups excluding carboxylic acids is 1. The number of halogens is 3. The van der Waals surface area contributed by atoms with Crippen LogP contribution in [0.3, 0.4) is 0 Å². The van der Waals surface area contributed by atoms with Crippen LogP contribution >= 0.6 is 0 Å². The van der Waals surface area contributed by atoms with E-state index >= 15 is 0 Å². The fourth-order valence-electron chi connectivity index (χ4n) is 3.35. The Labute approximate surface area is 181 Å². The third kappa shape index (κ3) is 5.32. The second-order valence-corrected chi connectivity index (χ2v) is 7.19. The van der Waals surface area contributed by atoms with E-state index in [0.717, 1.165) is 22.4 Å². The van der Waals surface area contributed by atoms with Crippen molar-refractivity contribution in [3.63, 3.8) is 0 Å². The summed E-state index contributed by atoms with van der Waals surface area (Å²) in [5, 5.41) is 2.91. The van der Waals surface area contributed by atoms with Crippen molar-refractivity contribution in [2.75, 3.05) is 13.2 Å². The summed E-state index contributed by atoms with van der Waals surface area (Å²) >= 11 is 0. The number of alkyl halides is 3. The normalized spacial score (nSPS) is 15.4. The number of benzene rings is 1. The minimum atomic E-state index is -4.30. The lowest BCUT2D eigenvalue weighted by atomic mass is 9.94. The molecule has 1 aliphatic heterocycles. The first-order valence-corrected chi connectivity index (χ1v) is 9.85. The lowest BCUT2D eigenvalue weighted by Gasteiger charge is -2.27. The van der Waals surface area contributed by atoms with Crippen molar-refractivity contribution in [1.82, 2.24) is 20.3 Å². The average molecular weight is 444 g/mol. The summed E-state index contributed by atoms with van der Waals surface area (Å²) in [6.45, 7) is -0.227. The van der Waals surface area contributed by atoms with Crippen molar-refractivity contribution in [3.8, 4) is 22.8 Å². The van der Waals surface area contributed by atoms with E-state index in [9.17, 15) is 18.0 Å². The van der Waals surface area contributed by atoms with Gasteiger partial charge in [-0.1, -0.05) is 12.1 Å². The molecule has 7 nitrogen and oxygen atoms in total. The number of aromatic nitrogens is 3. The molecule has 0 radical (unpaired) electrons. The SMILES string of the molecule is O=C(NC1COc2cccc(-c3cncnc3)c2C1)c1ccc(OCCC(F)(F)F)nc1. The van der Waals surface area contributed by atoms with E-state index in [1.807, 2.05) is 18.2 Å². The quantitative estimate of drug-likeness (QED) is 0.625. The second kappa shape index (κ2) is 9.21. The Bertz CT molecular complexity index is 1080. The maximum Gasteiger partial charge on any atom is 0.392 e. The van der Waals surface area contributed by atoms with Crippen LogP contribution in [0.5, 0.6) is 11.6 Å². The van der Waals surface area contributed by atoms with Gasteiger partial charge in [-0.25, -0.2) is 15.0 Å². The Hall–Kier alpha value is -3.69. The number of nitrogens with one attached hydrogen (secondary N) is 1. The molecular formula is C22H19F3N4O3. The number of hydrogen-bond donors (Lipinski definition) is 1. The fourth-order valence-corrected chi connectivity index (χ4v) is 3.35. The molecular weight excluding hydrogens is 425 g/mol. The van der Waals surface area contributed by atoms with Crippen LogP contribution in [-0.4, -0.2) is 46.3 Å². The number of carbonyl (C=O) groups is 1. The van der Waals surface area contributed by atoms with E-state index in [1.54, 1.807) is 12.4 Å². The van der Waals surface area contributed by atoms with Gasteiger partial charge in [0, 0.05) is 42.2 Å². The molecule has 0 bridgehead atoms. The van der Waals surface area contributed by atoms with Crippen molar-refractivity contribution in [2.24, 2.45) is 0 Å². The van der Waals surface area contributed by atoms with Crippen LogP contribution in [0.4, 0.5) is 13.2 Å². The minimum absolute atomic E-state index is 0.0236. The van der Waals surface area contributed by atoms with Crippen LogP contribution in [-0.2, 0) is 6.42 Å². The predicted molar refractivity (Wildman–Crippen MR) is 108 cm³/mol. The van der Waals surface area contributed by atoms with Gasteiger partial charge in [-0.3, -0.25) is 4.79 Å². The summed E-state index contributed by atoms with van der Waals surface area (Å²) in [4.78, 5) is 24.6. The van der Waals surface area contributed by atoms with Crippen LogP contribution in [0.1, 0.15) is 22.3 Å². The molecule has 1 unspecified atom stereocenters. The van der Waals surface area contributed by atoms with Gasteiger partial charge in [-0.2, -0.15) is 13.2 Å². The van der Waals surface area contributed by atoms with E-state index < -0.39 is 19.2 Å². The van der Waals surface area contributed by atoms with Crippen molar-refractivity contribution >= 4 is 5.91 Å². The largest absolute Gasteiger partial charge is 0.491 e. The zero-order chi connectivity index (χ0) is 22.6. The highest BCUT2D eigenvalue weighted by Crippen LogP contribution is 2.33. The topological polar surface area (TPSA) is 86.2 Å². The molecule has 4 rings (SSSR count). The molecule has 1 aromatic carbocycles. The number of fused-ring (bicyclic) bond motifs is 1. The fraction of sp³-hybridized carbons (Fsp3) is 0.273. The molecule has 2 aromatic heterocycles. The molecule has 0 saturated carbocycles. The molecule has 0 spiro atoms. The van der Waals surface area contributed by atoms with Crippen LogP contribution in [0.2, 0.25) is 0 Å². The summed E-state index contributed by atoms with van der Waals surface area (Å²) in [6.07, 6.45) is 1.34. The number of rotatable bonds is 6. The van der Waals surface area contributed by atoms with Gasteiger partial charge in [-0.15, -0.1) is 0 Å². The summed E-state index contributed by atoms with van der Waals surface area (Å²) in [7, 11) is 0. The zero-order valence-electron chi connectivity index (χ0n) is 16.8. The minimum Gasteiger partial charge on any atom is -0.491 e. The number of ether oxygens (including phenoxy) is 2. The van der Waals surface area contributed by atoms with Gasteiger partial charge in [0.2, 0.25) is 5.88 Å². The monoisotopic (exact) mass is 444 g/mol. The first kappa shape index (κ1) is 21.5. The van der Waals surface area contributed by atoms with Crippen molar-refractivity contribution < 1.29 is 27.4 Å². The lowest BCUT2D eigenvalue weighted by Crippen LogP contribution is -2.42. The number of nitrogens with zero attached hydrogens (tertiary/aromatic N) is 3. The van der Waals surface area contributed by atoms with Gasteiger partial charge in [0.05, 0.1) is 24.6 Å². The molecule has 1 atom stereocenters. The molecule has 0 saturated heterocycles. The maximum absolute atomic E-state index is 12.6.